The molecule has 1 aromatic rings. The van der Waals surface area contributed by atoms with Crippen molar-refractivity contribution in [2.24, 2.45) is 0 Å². The first-order valence-corrected chi connectivity index (χ1v) is 8.73. The number of carbonyl (C=O) groups excluding carboxylic acids is 2. The zero-order chi connectivity index (χ0) is 15.8. The van der Waals surface area contributed by atoms with Crippen LogP contribution in [-0.2, 0) is 4.79 Å². The first-order valence-electron chi connectivity index (χ1n) is 5.82. The minimum atomic E-state index is -0.611. The highest BCUT2D eigenvalue weighted by Gasteiger charge is 2.13. The van der Waals surface area contributed by atoms with Crippen molar-refractivity contribution in [1.29, 1.82) is 0 Å². The van der Waals surface area contributed by atoms with E-state index in [0.717, 1.165) is 0 Å². The predicted molar refractivity (Wildman–Crippen MR) is 93.0 cm³/mol. The summed E-state index contributed by atoms with van der Waals surface area (Å²) in [7, 11) is 2.61. The fourth-order valence-corrected chi connectivity index (χ4v) is 3.96. The van der Waals surface area contributed by atoms with Crippen molar-refractivity contribution in [3.8, 4) is 0 Å². The molecule has 0 bridgehead atoms. The number of hydrogen-bond acceptors (Lipinski definition) is 4. The molecule has 0 atom stereocenters. The molecule has 1 rings (SSSR count). The number of halogens is 2. The normalized spacial score (nSPS) is 11.7. The Bertz CT molecular complexity index is 622. The van der Waals surface area contributed by atoms with Gasteiger partial charge in [0.2, 0.25) is 0 Å². The molecule has 0 radical (unpaired) electrons. The van der Waals surface area contributed by atoms with Gasteiger partial charge in [-0.3, -0.25) is 9.59 Å². The van der Waals surface area contributed by atoms with Crippen LogP contribution in [0.15, 0.2) is 64.4 Å². The lowest BCUT2D eigenvalue weighted by Crippen LogP contribution is -1.93. The van der Waals surface area contributed by atoms with Crippen LogP contribution in [0, 0.1) is 0 Å². The van der Waals surface area contributed by atoms with Gasteiger partial charge in [-0.25, -0.2) is 0 Å². The van der Waals surface area contributed by atoms with Gasteiger partial charge in [0.05, 0.1) is 0 Å². The van der Waals surface area contributed by atoms with E-state index in [4.69, 9.17) is 23.2 Å². The van der Waals surface area contributed by atoms with Crippen molar-refractivity contribution >= 4 is 55.3 Å². The molecular formula is C15H12Cl2O2S2. The molecule has 0 fully saturated rings. The van der Waals surface area contributed by atoms with E-state index in [-0.39, 0.29) is 5.57 Å². The van der Waals surface area contributed by atoms with E-state index in [0.29, 0.717) is 15.4 Å². The SMILES string of the molecule is C=C(C(=O)Cl)/C(=C\C=C/C)SSc1ccccc1C(=O)Cl. The molecule has 0 heterocycles. The van der Waals surface area contributed by atoms with E-state index in [1.54, 1.807) is 30.4 Å². The number of allylic oxidation sites excluding steroid dienone is 4. The highest BCUT2D eigenvalue weighted by Crippen LogP contribution is 2.41. The molecule has 0 aliphatic carbocycles. The van der Waals surface area contributed by atoms with Crippen LogP contribution in [0.1, 0.15) is 17.3 Å². The van der Waals surface area contributed by atoms with Crippen molar-refractivity contribution in [1.82, 2.24) is 0 Å². The molecule has 110 valence electrons. The van der Waals surface area contributed by atoms with E-state index < -0.39 is 10.5 Å². The van der Waals surface area contributed by atoms with Gasteiger partial charge < -0.3 is 0 Å². The molecule has 2 nitrogen and oxygen atoms in total. The summed E-state index contributed by atoms with van der Waals surface area (Å²) in [5.41, 5.74) is 0.631. The highest BCUT2D eigenvalue weighted by molar-refractivity contribution is 8.78. The van der Waals surface area contributed by atoms with E-state index in [2.05, 4.69) is 6.58 Å². The molecule has 0 aliphatic heterocycles. The molecule has 6 heteroatoms. The molecule has 0 aliphatic rings. The summed E-state index contributed by atoms with van der Waals surface area (Å²) >= 11 is 11.0. The minimum Gasteiger partial charge on any atom is -0.276 e. The molecule has 21 heavy (non-hydrogen) atoms. The number of carbonyl (C=O) groups is 2. The highest BCUT2D eigenvalue weighted by atomic mass is 35.5. The van der Waals surface area contributed by atoms with Gasteiger partial charge >= 0.3 is 0 Å². The van der Waals surface area contributed by atoms with Gasteiger partial charge in [-0.1, -0.05) is 52.5 Å². The second kappa shape index (κ2) is 9.15. The van der Waals surface area contributed by atoms with E-state index in [1.165, 1.54) is 21.6 Å². The van der Waals surface area contributed by atoms with Gasteiger partial charge in [0.25, 0.3) is 10.5 Å². The van der Waals surface area contributed by atoms with Crippen molar-refractivity contribution in [3.63, 3.8) is 0 Å². The third-order valence-corrected chi connectivity index (χ3v) is 5.23. The Balaban J connectivity index is 2.95. The lowest BCUT2D eigenvalue weighted by atomic mass is 10.2. The summed E-state index contributed by atoms with van der Waals surface area (Å²) in [4.78, 5) is 23.9. The van der Waals surface area contributed by atoms with Gasteiger partial charge in [0.1, 0.15) is 0 Å². The van der Waals surface area contributed by atoms with Gasteiger partial charge in [0, 0.05) is 20.9 Å². The molecule has 0 saturated heterocycles. The summed E-state index contributed by atoms with van der Waals surface area (Å²) in [5.74, 6) is 0. The molecule has 0 aromatic heterocycles. The molecule has 0 N–H and O–H groups in total. The lowest BCUT2D eigenvalue weighted by Gasteiger charge is -2.08. The zero-order valence-corrected chi connectivity index (χ0v) is 14.3. The monoisotopic (exact) mass is 358 g/mol. The quantitative estimate of drug-likeness (QED) is 0.275. The Morgan fingerprint density at radius 3 is 2.48 bits per heavy atom. The zero-order valence-electron chi connectivity index (χ0n) is 11.1. The van der Waals surface area contributed by atoms with Crippen LogP contribution >= 0.6 is 44.8 Å². The third kappa shape index (κ3) is 5.75. The predicted octanol–water partition coefficient (Wildman–Crippen LogP) is 5.59. The summed E-state index contributed by atoms with van der Waals surface area (Å²) < 4.78 is 0. The Kier molecular flexibility index (Phi) is 7.89. The first kappa shape index (κ1) is 18.1. The standard InChI is InChI=1S/C15H12Cl2O2S2/c1-3-4-8-12(10(2)14(16)18)20-21-13-9-6-5-7-11(13)15(17)19/h3-9H,2H2,1H3/b4-3-,12-8+. The smallest absolute Gasteiger partial charge is 0.253 e. The van der Waals surface area contributed by atoms with E-state index in [1.807, 2.05) is 19.1 Å². The maximum atomic E-state index is 11.3. The number of hydrogen-bond donors (Lipinski definition) is 0. The Labute approximate surface area is 141 Å². The van der Waals surface area contributed by atoms with Crippen molar-refractivity contribution in [3.05, 3.63) is 65.1 Å². The second-order valence-corrected chi connectivity index (χ2v) is 6.65. The Hall–Kier alpha value is -0.940. The van der Waals surface area contributed by atoms with Crippen LogP contribution in [0.3, 0.4) is 0 Å². The largest absolute Gasteiger partial charge is 0.276 e. The third-order valence-electron chi connectivity index (χ3n) is 2.29. The fourth-order valence-electron chi connectivity index (χ4n) is 1.25. The minimum absolute atomic E-state index is 0.210. The van der Waals surface area contributed by atoms with Gasteiger partial charge in [-0.05, 0) is 48.3 Å². The topological polar surface area (TPSA) is 34.1 Å². The van der Waals surface area contributed by atoms with Crippen LogP contribution in [0.4, 0.5) is 0 Å². The van der Waals surface area contributed by atoms with Gasteiger partial charge in [-0.2, -0.15) is 0 Å². The molecule has 0 unspecified atom stereocenters. The summed E-state index contributed by atoms with van der Waals surface area (Å²) in [6.45, 7) is 5.53. The second-order valence-electron chi connectivity index (χ2n) is 3.75. The van der Waals surface area contributed by atoms with Crippen LogP contribution in [0.25, 0.3) is 0 Å². The van der Waals surface area contributed by atoms with Crippen molar-refractivity contribution < 1.29 is 9.59 Å². The number of rotatable bonds is 7. The number of benzene rings is 1. The summed E-state index contributed by atoms with van der Waals surface area (Å²) in [6.07, 6.45) is 5.35. The first-order chi connectivity index (χ1) is 9.97. The van der Waals surface area contributed by atoms with E-state index in [9.17, 15) is 9.59 Å². The molecule has 0 amide bonds. The van der Waals surface area contributed by atoms with E-state index >= 15 is 0 Å². The van der Waals surface area contributed by atoms with Crippen LogP contribution < -0.4 is 0 Å². The molecule has 0 saturated carbocycles. The Morgan fingerprint density at radius 1 is 1.24 bits per heavy atom. The van der Waals surface area contributed by atoms with Crippen molar-refractivity contribution in [2.45, 2.75) is 11.8 Å². The van der Waals surface area contributed by atoms with Crippen LogP contribution in [-0.4, -0.2) is 10.5 Å². The van der Waals surface area contributed by atoms with Gasteiger partial charge in [-0.15, -0.1) is 0 Å². The molecular weight excluding hydrogens is 347 g/mol. The van der Waals surface area contributed by atoms with Crippen LogP contribution in [0.2, 0.25) is 0 Å². The van der Waals surface area contributed by atoms with Crippen LogP contribution in [0.5, 0.6) is 0 Å². The fraction of sp³-hybridized carbons (Fsp3) is 0.0667. The Morgan fingerprint density at radius 2 is 1.90 bits per heavy atom. The average molecular weight is 359 g/mol. The lowest BCUT2D eigenvalue weighted by molar-refractivity contribution is -0.108. The summed E-state index contributed by atoms with van der Waals surface area (Å²) in [5, 5.41) is -1.13. The van der Waals surface area contributed by atoms with Gasteiger partial charge in [0.15, 0.2) is 0 Å². The maximum absolute atomic E-state index is 11.3. The maximum Gasteiger partial charge on any atom is 0.253 e. The molecule has 0 spiro atoms. The molecule has 1 aromatic carbocycles. The van der Waals surface area contributed by atoms with Crippen molar-refractivity contribution in [2.75, 3.05) is 0 Å². The average Bonchev–Trinajstić information content (AvgIpc) is 2.46. The summed E-state index contributed by atoms with van der Waals surface area (Å²) in [6, 6.07) is 6.98.